The summed E-state index contributed by atoms with van der Waals surface area (Å²) in [6, 6.07) is 25.9. The molecule has 1 saturated heterocycles. The molecule has 0 spiro atoms. The first-order valence-corrected chi connectivity index (χ1v) is 20.1. The molecule has 1 atom stereocenters. The third-order valence-electron chi connectivity index (χ3n) is 10.8. The van der Waals surface area contributed by atoms with Crippen LogP contribution in [-0.2, 0) is 14.3 Å². The second-order valence-corrected chi connectivity index (χ2v) is 15.6. The van der Waals surface area contributed by atoms with Crippen molar-refractivity contribution in [1.82, 2.24) is 19.4 Å². The highest BCUT2D eigenvalue weighted by molar-refractivity contribution is 6.35. The molecule has 0 radical (unpaired) electrons. The zero-order valence-electron chi connectivity index (χ0n) is 32.3. The Bertz CT molecular complexity index is 2440. The number of hydrogen-bond donors (Lipinski definition) is 2. The zero-order valence-corrected chi connectivity index (χ0v) is 34.6. The van der Waals surface area contributed by atoms with E-state index in [1.807, 2.05) is 60.0 Å². The summed E-state index contributed by atoms with van der Waals surface area (Å²) in [5, 5.41) is 5.47. The van der Waals surface area contributed by atoms with Crippen molar-refractivity contribution in [3.05, 3.63) is 123 Å². The SMILES string of the molecule is COC(=O)c1ccc(N2CCC(N(C)CCCOC=O)CC2)c(NC(=O)c2[nH]c3cc(Cl)ccc3c2-c2c(-c3ccccc3)ncn2C(C)c2ccc(Cl)cc2Cl)c1. The Kier molecular flexibility index (Phi) is 12.7. The molecule has 0 saturated carbocycles. The maximum atomic E-state index is 14.9. The van der Waals surface area contributed by atoms with E-state index in [-0.39, 0.29) is 11.7 Å². The van der Waals surface area contributed by atoms with Crippen molar-refractivity contribution in [2.45, 2.75) is 38.3 Å². The Morgan fingerprint density at radius 3 is 2.47 bits per heavy atom. The number of piperidine rings is 1. The normalized spacial score (nSPS) is 13.8. The van der Waals surface area contributed by atoms with E-state index in [1.165, 1.54) is 7.11 Å². The van der Waals surface area contributed by atoms with Crippen LogP contribution in [0.5, 0.6) is 0 Å². The number of esters is 1. The number of rotatable bonds is 14. The fourth-order valence-electron chi connectivity index (χ4n) is 7.80. The van der Waals surface area contributed by atoms with Crippen molar-refractivity contribution < 1.29 is 23.9 Å². The first kappa shape index (κ1) is 40.9. The molecule has 1 unspecified atom stereocenters. The number of aromatic amines is 1. The molecule has 1 aliphatic heterocycles. The number of carbonyl (C=O) groups is 3. The molecule has 0 bridgehead atoms. The van der Waals surface area contributed by atoms with E-state index in [9.17, 15) is 14.4 Å². The van der Waals surface area contributed by atoms with Crippen LogP contribution in [0.3, 0.4) is 0 Å². The lowest BCUT2D eigenvalue weighted by molar-refractivity contribution is -0.128. The molecule has 1 fully saturated rings. The third kappa shape index (κ3) is 8.59. The minimum Gasteiger partial charge on any atom is -0.468 e. The molecule has 14 heteroatoms. The quantitative estimate of drug-likeness (QED) is 0.0632. The van der Waals surface area contributed by atoms with Crippen LogP contribution in [0.4, 0.5) is 11.4 Å². The van der Waals surface area contributed by atoms with Crippen molar-refractivity contribution in [2.75, 3.05) is 50.6 Å². The number of anilines is 2. The molecule has 1 aliphatic rings. The molecular formula is C44H43Cl3N6O5. The van der Waals surface area contributed by atoms with Gasteiger partial charge in [-0.25, -0.2) is 9.78 Å². The summed E-state index contributed by atoms with van der Waals surface area (Å²) in [7, 11) is 3.41. The molecule has 11 nitrogen and oxygen atoms in total. The van der Waals surface area contributed by atoms with Gasteiger partial charge in [0.15, 0.2) is 0 Å². The van der Waals surface area contributed by atoms with Crippen molar-refractivity contribution in [1.29, 1.82) is 0 Å². The number of halogens is 3. The number of fused-ring (bicyclic) bond motifs is 1. The maximum Gasteiger partial charge on any atom is 0.337 e. The summed E-state index contributed by atoms with van der Waals surface area (Å²) in [6.45, 7) is 5.14. The van der Waals surface area contributed by atoms with Crippen LogP contribution in [0.1, 0.15) is 58.6 Å². The highest BCUT2D eigenvalue weighted by Gasteiger charge is 2.30. The third-order valence-corrected chi connectivity index (χ3v) is 11.6. The Morgan fingerprint density at radius 2 is 1.74 bits per heavy atom. The highest BCUT2D eigenvalue weighted by atomic mass is 35.5. The van der Waals surface area contributed by atoms with E-state index in [0.29, 0.717) is 67.9 Å². The number of benzene rings is 4. The lowest BCUT2D eigenvalue weighted by atomic mass is 9.99. The molecular weight excluding hydrogens is 799 g/mol. The van der Waals surface area contributed by atoms with E-state index in [0.717, 1.165) is 61.1 Å². The topological polar surface area (TPSA) is 122 Å². The first-order chi connectivity index (χ1) is 28.1. The van der Waals surface area contributed by atoms with Gasteiger partial charge in [-0.2, -0.15) is 0 Å². The van der Waals surface area contributed by atoms with Gasteiger partial charge in [-0.3, -0.25) is 9.59 Å². The molecule has 1 amide bonds. The van der Waals surface area contributed by atoms with E-state index < -0.39 is 11.9 Å². The van der Waals surface area contributed by atoms with E-state index in [2.05, 4.69) is 27.1 Å². The van der Waals surface area contributed by atoms with Gasteiger partial charge in [0.1, 0.15) is 5.69 Å². The van der Waals surface area contributed by atoms with Crippen LogP contribution >= 0.6 is 34.8 Å². The lowest BCUT2D eigenvalue weighted by Crippen LogP contribution is -2.44. The molecule has 2 N–H and O–H groups in total. The number of nitrogens with zero attached hydrogens (tertiary/aromatic N) is 4. The number of methoxy groups -OCH3 is 1. The second-order valence-electron chi connectivity index (χ2n) is 14.3. The van der Waals surface area contributed by atoms with Crippen molar-refractivity contribution >= 4 is 75.4 Å². The Balaban J connectivity index is 1.30. The Hall–Kier alpha value is -5.33. The summed E-state index contributed by atoms with van der Waals surface area (Å²) in [6.07, 6.45) is 4.28. The predicted molar refractivity (Wildman–Crippen MR) is 230 cm³/mol. The number of hydrogen-bond acceptors (Lipinski definition) is 8. The van der Waals surface area contributed by atoms with Gasteiger partial charge >= 0.3 is 5.97 Å². The monoisotopic (exact) mass is 840 g/mol. The Morgan fingerprint density at radius 1 is 1.00 bits per heavy atom. The molecule has 0 aliphatic carbocycles. The number of amides is 1. The number of H-pyrrole nitrogens is 1. The average Bonchev–Trinajstić information content (AvgIpc) is 3.84. The van der Waals surface area contributed by atoms with E-state index >= 15 is 0 Å². The lowest BCUT2D eigenvalue weighted by Gasteiger charge is -2.38. The molecule has 3 heterocycles. The van der Waals surface area contributed by atoms with Crippen LogP contribution < -0.4 is 10.2 Å². The van der Waals surface area contributed by atoms with Gasteiger partial charge in [-0.15, -0.1) is 0 Å². The fraction of sp³-hybridized carbons (Fsp3) is 0.273. The van der Waals surface area contributed by atoms with Crippen molar-refractivity contribution in [2.24, 2.45) is 0 Å². The maximum absolute atomic E-state index is 14.9. The number of ether oxygens (including phenoxy) is 2. The van der Waals surface area contributed by atoms with Gasteiger partial charge in [0, 0.05) is 62.8 Å². The summed E-state index contributed by atoms with van der Waals surface area (Å²) in [4.78, 5) is 51.2. The number of aromatic nitrogens is 3. The largest absolute Gasteiger partial charge is 0.468 e. The smallest absolute Gasteiger partial charge is 0.337 e. The number of imidazole rings is 1. The van der Waals surface area contributed by atoms with Crippen LogP contribution in [-0.4, -0.2) is 84.2 Å². The minimum absolute atomic E-state index is 0.277. The second kappa shape index (κ2) is 18.1. The van der Waals surface area contributed by atoms with Crippen LogP contribution in [0.25, 0.3) is 33.4 Å². The first-order valence-electron chi connectivity index (χ1n) is 19.0. The van der Waals surface area contributed by atoms with Crippen molar-refractivity contribution in [3.8, 4) is 22.5 Å². The number of nitrogens with one attached hydrogen (secondary N) is 2. The van der Waals surface area contributed by atoms with Crippen LogP contribution in [0.2, 0.25) is 15.1 Å². The van der Waals surface area contributed by atoms with Crippen LogP contribution in [0, 0.1) is 0 Å². The molecule has 6 aromatic rings. The van der Waals surface area contributed by atoms with Gasteiger partial charge in [-0.05, 0) is 81.3 Å². The standard InChI is InChI=1S/C44H43Cl3N6O5/c1-27(33-13-11-30(45)23-35(33)47)53-25-48-40(28-8-5-4-6-9-28)42(53)39-34-14-12-31(46)24-36(34)49-41(39)43(55)50-37-22-29(44(56)57-3)10-15-38(37)52-19-16-32(17-20-52)51(2)18-7-21-58-26-54/h4-6,8-15,22-27,32,49H,7,16-21H2,1-3H3,(H,50,55). The Labute approximate surface area is 351 Å². The fourth-order valence-corrected chi connectivity index (χ4v) is 8.54. The van der Waals surface area contributed by atoms with Gasteiger partial charge in [0.2, 0.25) is 0 Å². The van der Waals surface area contributed by atoms with Gasteiger partial charge in [0.25, 0.3) is 12.4 Å². The van der Waals surface area contributed by atoms with Gasteiger partial charge in [0.05, 0.1) is 54.4 Å². The average molecular weight is 842 g/mol. The van der Waals surface area contributed by atoms with E-state index in [1.54, 1.807) is 42.7 Å². The minimum atomic E-state index is -0.520. The van der Waals surface area contributed by atoms with Gasteiger partial charge < -0.3 is 34.1 Å². The summed E-state index contributed by atoms with van der Waals surface area (Å²) >= 11 is 19.6. The van der Waals surface area contributed by atoms with E-state index in [4.69, 9.17) is 49.3 Å². The molecule has 58 heavy (non-hydrogen) atoms. The highest BCUT2D eigenvalue weighted by Crippen LogP contribution is 2.43. The predicted octanol–water partition coefficient (Wildman–Crippen LogP) is 9.77. The summed E-state index contributed by atoms with van der Waals surface area (Å²) in [5.41, 5.74) is 6.13. The zero-order chi connectivity index (χ0) is 40.9. The molecule has 2 aromatic heterocycles. The molecule has 4 aromatic carbocycles. The molecule has 7 rings (SSSR count). The molecule has 300 valence electrons. The number of carbonyl (C=O) groups excluding carboxylic acids is 3. The summed E-state index contributed by atoms with van der Waals surface area (Å²) in [5.74, 6) is -0.949. The van der Waals surface area contributed by atoms with Gasteiger partial charge in [-0.1, -0.05) is 77.3 Å². The van der Waals surface area contributed by atoms with Crippen LogP contribution in [0.15, 0.2) is 91.3 Å². The summed E-state index contributed by atoms with van der Waals surface area (Å²) < 4.78 is 12.0. The van der Waals surface area contributed by atoms with Crippen molar-refractivity contribution in [3.63, 3.8) is 0 Å².